The molecule has 0 fully saturated rings. The molecule has 0 heterocycles. The summed E-state index contributed by atoms with van der Waals surface area (Å²) in [6, 6.07) is 16.9. The van der Waals surface area contributed by atoms with Crippen molar-refractivity contribution in [1.82, 2.24) is 5.43 Å². The lowest BCUT2D eigenvalue weighted by atomic mass is 10.0. The van der Waals surface area contributed by atoms with E-state index in [1.165, 1.54) is 0 Å². The molecule has 2 aromatic rings. The lowest BCUT2D eigenvalue weighted by molar-refractivity contribution is -0.135. The zero-order chi connectivity index (χ0) is 19.1. The minimum absolute atomic E-state index is 0.0229. The van der Waals surface area contributed by atoms with Gasteiger partial charge in [-0.2, -0.15) is 5.10 Å². The Morgan fingerprint density at radius 1 is 1.15 bits per heavy atom. The minimum atomic E-state index is -0.463. The van der Waals surface area contributed by atoms with Crippen molar-refractivity contribution >= 4 is 17.5 Å². The third kappa shape index (κ3) is 4.82. The molecule has 0 bridgehead atoms. The number of aryl methyl sites for hydroxylation is 1. The van der Waals surface area contributed by atoms with Crippen LogP contribution in [0.25, 0.3) is 0 Å². The van der Waals surface area contributed by atoms with Gasteiger partial charge in [-0.1, -0.05) is 54.6 Å². The van der Waals surface area contributed by atoms with Gasteiger partial charge in [0.15, 0.2) is 5.78 Å². The smallest absolute Gasteiger partial charge is 0.354 e. The highest BCUT2D eigenvalue weighted by atomic mass is 16.5. The fourth-order valence-corrected chi connectivity index (χ4v) is 3.23. The average Bonchev–Trinajstić information content (AvgIpc) is 2.85. The van der Waals surface area contributed by atoms with Gasteiger partial charge in [0.1, 0.15) is 11.8 Å². The molecule has 5 nitrogen and oxygen atoms in total. The second-order valence-corrected chi connectivity index (χ2v) is 6.54. The van der Waals surface area contributed by atoms with Gasteiger partial charge in [0.25, 0.3) is 0 Å². The molecule has 0 aliphatic heterocycles. The average molecular weight is 364 g/mol. The quantitative estimate of drug-likeness (QED) is 0.369. The molecule has 3 rings (SSSR count). The highest BCUT2D eigenvalue weighted by molar-refractivity contribution is 6.36. The van der Waals surface area contributed by atoms with Crippen LogP contribution in [0.4, 0.5) is 0 Å². The van der Waals surface area contributed by atoms with Crippen LogP contribution < -0.4 is 5.43 Å². The summed E-state index contributed by atoms with van der Waals surface area (Å²) in [6.45, 7) is 2.04. The largest absolute Gasteiger partial charge is 0.461 e. The molecule has 2 aromatic carbocycles. The molecule has 0 saturated heterocycles. The zero-order valence-corrected chi connectivity index (χ0v) is 15.5. The van der Waals surface area contributed by atoms with Gasteiger partial charge in [0.2, 0.25) is 0 Å². The van der Waals surface area contributed by atoms with E-state index in [1.54, 1.807) is 6.92 Å². The summed E-state index contributed by atoms with van der Waals surface area (Å²) in [5, 5.41) is 4.30. The Kier molecular flexibility index (Phi) is 6.36. The zero-order valence-electron chi connectivity index (χ0n) is 15.5. The number of hydrogen-bond donors (Lipinski definition) is 1. The molecular formula is C22H24N2O3. The number of ether oxygens (including phenoxy) is 1. The fourth-order valence-electron chi connectivity index (χ4n) is 3.23. The maximum absolute atomic E-state index is 12.9. The maximum Gasteiger partial charge on any atom is 0.354 e. The number of ketones is 1. The lowest BCUT2D eigenvalue weighted by Crippen LogP contribution is -2.35. The van der Waals surface area contributed by atoms with Gasteiger partial charge >= 0.3 is 5.97 Å². The van der Waals surface area contributed by atoms with Gasteiger partial charge in [-0.05, 0) is 37.3 Å². The molecule has 1 aliphatic rings. The molecule has 0 amide bonds. The Hall–Kier alpha value is -2.95. The van der Waals surface area contributed by atoms with Gasteiger partial charge < -0.3 is 4.74 Å². The maximum atomic E-state index is 12.9. The summed E-state index contributed by atoms with van der Waals surface area (Å²) >= 11 is 0. The Labute approximate surface area is 159 Å². The van der Waals surface area contributed by atoms with Gasteiger partial charge in [-0.25, -0.2) is 4.79 Å². The number of esters is 1. The Morgan fingerprint density at radius 3 is 2.67 bits per heavy atom. The third-order valence-corrected chi connectivity index (χ3v) is 4.62. The van der Waals surface area contributed by atoms with E-state index in [4.69, 9.17) is 4.74 Å². The third-order valence-electron chi connectivity index (χ3n) is 4.62. The number of fused-ring (bicyclic) bond motifs is 1. The van der Waals surface area contributed by atoms with Crippen molar-refractivity contribution in [2.24, 2.45) is 5.10 Å². The predicted octanol–water partition coefficient (Wildman–Crippen LogP) is 3.33. The number of nitrogens with zero attached hydrogens (tertiary/aromatic N) is 1. The molecule has 140 valence electrons. The van der Waals surface area contributed by atoms with Gasteiger partial charge in [-0.3, -0.25) is 10.2 Å². The molecule has 1 atom stereocenters. The summed E-state index contributed by atoms with van der Waals surface area (Å²) in [6.07, 6.45) is 2.80. The van der Waals surface area contributed by atoms with Gasteiger partial charge in [-0.15, -0.1) is 0 Å². The number of rotatable bonds is 6. The predicted molar refractivity (Wildman–Crippen MR) is 105 cm³/mol. The fraction of sp³-hybridized carbons (Fsp3) is 0.318. The van der Waals surface area contributed by atoms with Crippen LogP contribution in [0.15, 0.2) is 59.7 Å². The van der Waals surface area contributed by atoms with Crippen molar-refractivity contribution in [1.29, 1.82) is 0 Å². The number of carbonyl (C=O) groups excluding carboxylic acids is 2. The number of hydrogen-bond acceptors (Lipinski definition) is 5. The van der Waals surface area contributed by atoms with Crippen LogP contribution >= 0.6 is 0 Å². The van der Waals surface area contributed by atoms with Crippen molar-refractivity contribution in [2.45, 2.75) is 38.6 Å². The molecule has 1 aliphatic carbocycles. The highest BCUT2D eigenvalue weighted by Crippen LogP contribution is 2.20. The number of hydrazone groups is 1. The summed E-state index contributed by atoms with van der Waals surface area (Å²) in [5.41, 5.74) is 6.00. The van der Waals surface area contributed by atoms with Crippen LogP contribution in [-0.4, -0.2) is 30.1 Å². The normalized spacial score (nSPS) is 17.0. The van der Waals surface area contributed by atoms with E-state index in [9.17, 15) is 9.59 Å². The standard InChI is InChI=1S/C22H24N2O3/c1-2-27-22(26)20(15-16-9-4-3-5-10-16)24-23-19-14-8-12-17-11-6-7-13-18(17)21(19)25/h3-7,9-11,13,19,23H,2,8,12,14-15H2,1H3/b24-20+/t19-/m1/s1. The Bertz CT molecular complexity index is 830. The van der Waals surface area contributed by atoms with Crippen LogP contribution in [0.3, 0.4) is 0 Å². The SMILES string of the molecule is CCOC(=O)/C(Cc1ccccc1)=N/N[C@@H]1CCCc2ccccc2C1=O. The van der Waals surface area contributed by atoms with E-state index in [-0.39, 0.29) is 18.1 Å². The molecule has 0 saturated carbocycles. The summed E-state index contributed by atoms with van der Waals surface area (Å²) in [5.74, 6) is -0.440. The summed E-state index contributed by atoms with van der Waals surface area (Å²) in [4.78, 5) is 25.1. The minimum Gasteiger partial charge on any atom is -0.461 e. The van der Waals surface area contributed by atoms with E-state index < -0.39 is 12.0 Å². The molecule has 0 radical (unpaired) electrons. The first-order chi connectivity index (χ1) is 13.2. The number of benzene rings is 2. The summed E-state index contributed by atoms with van der Waals surface area (Å²) < 4.78 is 5.13. The van der Waals surface area contributed by atoms with Crippen molar-refractivity contribution in [3.63, 3.8) is 0 Å². The van der Waals surface area contributed by atoms with E-state index in [0.29, 0.717) is 12.8 Å². The topological polar surface area (TPSA) is 67.8 Å². The van der Waals surface area contributed by atoms with Crippen LogP contribution in [0.1, 0.15) is 41.3 Å². The first kappa shape index (κ1) is 18.8. The molecule has 0 spiro atoms. The van der Waals surface area contributed by atoms with Gasteiger partial charge in [0.05, 0.1) is 6.61 Å². The molecule has 1 N–H and O–H groups in total. The van der Waals surface area contributed by atoms with Crippen LogP contribution in [0.2, 0.25) is 0 Å². The molecule has 0 aromatic heterocycles. The van der Waals surface area contributed by atoms with Crippen LogP contribution in [-0.2, 0) is 22.4 Å². The van der Waals surface area contributed by atoms with E-state index in [2.05, 4.69) is 10.5 Å². The van der Waals surface area contributed by atoms with Crippen molar-refractivity contribution < 1.29 is 14.3 Å². The monoisotopic (exact) mass is 364 g/mol. The number of Topliss-reactive ketones (excluding diaryl/α,β-unsaturated/α-hetero) is 1. The molecule has 0 unspecified atom stereocenters. The van der Waals surface area contributed by atoms with E-state index in [0.717, 1.165) is 29.5 Å². The van der Waals surface area contributed by atoms with Crippen molar-refractivity contribution in [3.05, 3.63) is 71.3 Å². The Balaban J connectivity index is 1.79. The van der Waals surface area contributed by atoms with Crippen LogP contribution in [0, 0.1) is 0 Å². The first-order valence-electron chi connectivity index (χ1n) is 9.34. The van der Waals surface area contributed by atoms with Gasteiger partial charge in [0, 0.05) is 12.0 Å². The lowest BCUT2D eigenvalue weighted by Gasteiger charge is -2.15. The first-order valence-corrected chi connectivity index (χ1v) is 9.34. The Morgan fingerprint density at radius 2 is 1.89 bits per heavy atom. The van der Waals surface area contributed by atoms with E-state index in [1.807, 2.05) is 54.6 Å². The molecule has 5 heteroatoms. The molecule has 27 heavy (non-hydrogen) atoms. The second-order valence-electron chi connectivity index (χ2n) is 6.54. The number of nitrogens with one attached hydrogen (secondary N) is 1. The molecular weight excluding hydrogens is 340 g/mol. The second kappa shape index (κ2) is 9.12. The van der Waals surface area contributed by atoms with Crippen LogP contribution in [0.5, 0.6) is 0 Å². The van der Waals surface area contributed by atoms with Crippen molar-refractivity contribution in [2.75, 3.05) is 6.61 Å². The van der Waals surface area contributed by atoms with E-state index >= 15 is 0 Å². The summed E-state index contributed by atoms with van der Waals surface area (Å²) in [7, 11) is 0. The number of carbonyl (C=O) groups is 2. The van der Waals surface area contributed by atoms with Crippen molar-refractivity contribution in [3.8, 4) is 0 Å². The highest BCUT2D eigenvalue weighted by Gasteiger charge is 2.25.